The molecule has 1 fully saturated rings. The Morgan fingerprint density at radius 2 is 2.20 bits per heavy atom. The lowest BCUT2D eigenvalue weighted by Gasteiger charge is -2.20. The summed E-state index contributed by atoms with van der Waals surface area (Å²) in [6.45, 7) is 5.14. The van der Waals surface area contributed by atoms with Crippen LogP contribution in [0.1, 0.15) is 32.6 Å². The van der Waals surface area contributed by atoms with Crippen LogP contribution in [0.5, 0.6) is 0 Å². The lowest BCUT2D eigenvalue weighted by Crippen LogP contribution is -2.31. The van der Waals surface area contributed by atoms with E-state index in [9.17, 15) is 0 Å². The molecule has 0 aromatic rings. The van der Waals surface area contributed by atoms with Crippen molar-refractivity contribution in [3.63, 3.8) is 0 Å². The van der Waals surface area contributed by atoms with E-state index in [2.05, 4.69) is 24.2 Å². The molecule has 3 nitrogen and oxygen atoms in total. The Balaban J connectivity index is 2.03. The second kappa shape index (κ2) is 7.20. The topological polar surface area (TPSA) is 24.5 Å². The Morgan fingerprint density at radius 3 is 2.73 bits per heavy atom. The summed E-state index contributed by atoms with van der Waals surface area (Å²) >= 11 is 0. The Labute approximate surface area is 94.2 Å². The predicted molar refractivity (Wildman–Crippen MR) is 64.2 cm³/mol. The molecule has 1 aliphatic carbocycles. The molecule has 1 aliphatic rings. The van der Waals surface area contributed by atoms with Crippen molar-refractivity contribution in [2.24, 2.45) is 0 Å². The second-order valence-corrected chi connectivity index (χ2v) is 4.55. The van der Waals surface area contributed by atoms with Crippen LogP contribution in [0.2, 0.25) is 0 Å². The van der Waals surface area contributed by atoms with E-state index in [0.29, 0.717) is 6.10 Å². The molecule has 1 rings (SSSR count). The minimum Gasteiger partial charge on any atom is -0.376 e. The third-order valence-corrected chi connectivity index (χ3v) is 3.01. The van der Waals surface area contributed by atoms with Gasteiger partial charge in [-0.2, -0.15) is 0 Å². The van der Waals surface area contributed by atoms with E-state index >= 15 is 0 Å². The lowest BCUT2D eigenvalue weighted by molar-refractivity contribution is 0.0359. The zero-order valence-electron chi connectivity index (χ0n) is 10.5. The number of likely N-dealkylation sites (N-methyl/N-ethyl adjacent to an activating group) is 2. The number of nitrogens with zero attached hydrogens (tertiary/aromatic N) is 1. The third kappa shape index (κ3) is 5.50. The molecule has 1 atom stereocenters. The highest BCUT2D eigenvalue weighted by Crippen LogP contribution is 2.24. The highest BCUT2D eigenvalue weighted by molar-refractivity contribution is 4.82. The maximum absolute atomic E-state index is 5.87. The highest BCUT2D eigenvalue weighted by Gasteiger charge is 2.25. The van der Waals surface area contributed by atoms with E-state index in [1.807, 2.05) is 7.05 Å². The van der Waals surface area contributed by atoms with Gasteiger partial charge in [0.1, 0.15) is 0 Å². The normalized spacial score (nSPS) is 18.4. The Kier molecular flexibility index (Phi) is 6.22. The smallest absolute Gasteiger partial charge is 0.0699 e. The van der Waals surface area contributed by atoms with Gasteiger partial charge in [-0.05, 0) is 33.4 Å². The Bertz CT molecular complexity index is 154. The standard InChI is InChI=1S/C12H26N2O/c1-4-5-12(10-13-2)15-9-8-14(3)11-6-7-11/h11-13H,4-10H2,1-3H3. The molecule has 1 unspecified atom stereocenters. The van der Waals surface area contributed by atoms with Gasteiger partial charge in [0.25, 0.3) is 0 Å². The van der Waals surface area contributed by atoms with E-state index in [0.717, 1.165) is 32.2 Å². The zero-order chi connectivity index (χ0) is 11.1. The molecule has 3 heteroatoms. The van der Waals surface area contributed by atoms with E-state index in [1.54, 1.807) is 0 Å². The molecule has 90 valence electrons. The number of hydrogen-bond donors (Lipinski definition) is 1. The fourth-order valence-corrected chi connectivity index (χ4v) is 1.86. The number of nitrogens with one attached hydrogen (secondary N) is 1. The molecule has 0 bridgehead atoms. The summed E-state index contributed by atoms with van der Waals surface area (Å²) in [7, 11) is 4.19. The van der Waals surface area contributed by atoms with Crippen LogP contribution in [0.15, 0.2) is 0 Å². The van der Waals surface area contributed by atoms with Gasteiger partial charge in [-0.25, -0.2) is 0 Å². The van der Waals surface area contributed by atoms with Gasteiger partial charge in [-0.3, -0.25) is 0 Å². The minimum absolute atomic E-state index is 0.396. The lowest BCUT2D eigenvalue weighted by atomic mass is 10.2. The summed E-state index contributed by atoms with van der Waals surface area (Å²) in [5, 5.41) is 3.19. The molecule has 1 N–H and O–H groups in total. The van der Waals surface area contributed by atoms with Gasteiger partial charge in [0, 0.05) is 19.1 Å². The molecule has 15 heavy (non-hydrogen) atoms. The van der Waals surface area contributed by atoms with Gasteiger partial charge in [0.2, 0.25) is 0 Å². The van der Waals surface area contributed by atoms with Crippen LogP contribution in [0, 0.1) is 0 Å². The summed E-state index contributed by atoms with van der Waals surface area (Å²) in [5.74, 6) is 0. The maximum Gasteiger partial charge on any atom is 0.0699 e. The summed E-state index contributed by atoms with van der Waals surface area (Å²) in [4.78, 5) is 2.42. The van der Waals surface area contributed by atoms with Crippen molar-refractivity contribution in [3.8, 4) is 0 Å². The molecule has 0 radical (unpaired) electrons. The molecule has 1 saturated carbocycles. The van der Waals surface area contributed by atoms with Crippen molar-refractivity contribution >= 4 is 0 Å². The average Bonchev–Trinajstić information content (AvgIpc) is 3.01. The van der Waals surface area contributed by atoms with Gasteiger partial charge < -0.3 is 15.0 Å². The van der Waals surface area contributed by atoms with Crippen molar-refractivity contribution in [1.29, 1.82) is 0 Å². The molecular formula is C12H26N2O. The highest BCUT2D eigenvalue weighted by atomic mass is 16.5. The molecule has 0 saturated heterocycles. The first-order chi connectivity index (χ1) is 7.27. The summed E-state index contributed by atoms with van der Waals surface area (Å²) in [6, 6.07) is 0.850. The fourth-order valence-electron chi connectivity index (χ4n) is 1.86. The van der Waals surface area contributed by atoms with Crippen molar-refractivity contribution in [3.05, 3.63) is 0 Å². The number of ether oxygens (including phenoxy) is 1. The van der Waals surface area contributed by atoms with Crippen LogP contribution in [0.4, 0.5) is 0 Å². The molecule has 0 amide bonds. The molecule has 0 spiro atoms. The van der Waals surface area contributed by atoms with Crippen LogP contribution in [0.3, 0.4) is 0 Å². The Morgan fingerprint density at radius 1 is 1.47 bits per heavy atom. The number of hydrogen-bond acceptors (Lipinski definition) is 3. The SMILES string of the molecule is CCCC(CNC)OCCN(C)C1CC1. The number of rotatable bonds is 9. The van der Waals surface area contributed by atoms with Crippen molar-refractivity contribution in [2.75, 3.05) is 33.8 Å². The molecule has 0 aromatic heterocycles. The monoisotopic (exact) mass is 214 g/mol. The largest absolute Gasteiger partial charge is 0.376 e. The minimum atomic E-state index is 0.396. The van der Waals surface area contributed by atoms with Crippen molar-refractivity contribution < 1.29 is 4.74 Å². The van der Waals surface area contributed by atoms with Crippen LogP contribution in [-0.2, 0) is 4.74 Å². The van der Waals surface area contributed by atoms with Crippen molar-refractivity contribution in [1.82, 2.24) is 10.2 Å². The molecule has 0 aliphatic heterocycles. The first-order valence-electron chi connectivity index (χ1n) is 6.24. The second-order valence-electron chi connectivity index (χ2n) is 4.55. The first-order valence-corrected chi connectivity index (χ1v) is 6.24. The zero-order valence-corrected chi connectivity index (χ0v) is 10.5. The van der Waals surface area contributed by atoms with Gasteiger partial charge in [0.05, 0.1) is 12.7 Å². The summed E-state index contributed by atoms with van der Waals surface area (Å²) in [5.41, 5.74) is 0. The summed E-state index contributed by atoms with van der Waals surface area (Å²) < 4.78 is 5.87. The van der Waals surface area contributed by atoms with Gasteiger partial charge in [-0.1, -0.05) is 13.3 Å². The van der Waals surface area contributed by atoms with Crippen molar-refractivity contribution in [2.45, 2.75) is 44.8 Å². The van der Waals surface area contributed by atoms with E-state index in [4.69, 9.17) is 4.74 Å². The summed E-state index contributed by atoms with van der Waals surface area (Å²) in [6.07, 6.45) is 5.52. The fraction of sp³-hybridized carbons (Fsp3) is 1.00. The molecular weight excluding hydrogens is 188 g/mol. The van der Waals surface area contributed by atoms with Gasteiger partial charge in [-0.15, -0.1) is 0 Å². The van der Waals surface area contributed by atoms with Gasteiger partial charge in [0.15, 0.2) is 0 Å². The van der Waals surface area contributed by atoms with Gasteiger partial charge >= 0.3 is 0 Å². The first kappa shape index (κ1) is 12.9. The van der Waals surface area contributed by atoms with E-state index in [-0.39, 0.29) is 0 Å². The van der Waals surface area contributed by atoms with Crippen LogP contribution in [0.25, 0.3) is 0 Å². The van der Waals surface area contributed by atoms with Crippen LogP contribution < -0.4 is 5.32 Å². The third-order valence-electron chi connectivity index (χ3n) is 3.01. The molecule has 0 heterocycles. The van der Waals surface area contributed by atoms with E-state index in [1.165, 1.54) is 19.3 Å². The van der Waals surface area contributed by atoms with Crippen LogP contribution >= 0.6 is 0 Å². The predicted octanol–water partition coefficient (Wildman–Crippen LogP) is 1.49. The Hall–Kier alpha value is -0.120. The van der Waals surface area contributed by atoms with E-state index < -0.39 is 0 Å². The maximum atomic E-state index is 5.87. The quantitative estimate of drug-likeness (QED) is 0.629. The van der Waals surface area contributed by atoms with Crippen LogP contribution in [-0.4, -0.2) is 50.8 Å². The average molecular weight is 214 g/mol. The molecule has 0 aromatic carbocycles.